The fraction of sp³-hybridized carbons (Fsp3) is 0.125. The number of aromatic nitrogens is 1. The molecule has 0 spiro atoms. The van der Waals surface area contributed by atoms with Crippen LogP contribution in [0.2, 0.25) is 0 Å². The Labute approximate surface area is 176 Å². The number of nitrogens with zero attached hydrogens (tertiary/aromatic N) is 1. The molecule has 1 aromatic heterocycles. The van der Waals surface area contributed by atoms with Crippen LogP contribution < -0.4 is 15.0 Å². The third-order valence-corrected chi connectivity index (χ3v) is 4.91. The maximum absolute atomic E-state index is 14.0. The zero-order valence-corrected chi connectivity index (χ0v) is 16.6. The summed E-state index contributed by atoms with van der Waals surface area (Å²) in [5, 5.41) is 0.831. The molecule has 0 saturated carbocycles. The first-order chi connectivity index (χ1) is 14.9. The summed E-state index contributed by atoms with van der Waals surface area (Å²) in [5.74, 6) is -1.38. The Morgan fingerprint density at radius 3 is 2.55 bits per heavy atom. The lowest BCUT2D eigenvalue weighted by Gasteiger charge is -2.11. The van der Waals surface area contributed by atoms with E-state index in [1.807, 2.05) is 6.07 Å². The second-order valence-electron chi connectivity index (χ2n) is 6.99. The summed E-state index contributed by atoms with van der Waals surface area (Å²) in [5.41, 5.74) is 0.668. The van der Waals surface area contributed by atoms with E-state index >= 15 is 0 Å². The van der Waals surface area contributed by atoms with Crippen LogP contribution in [0.15, 0.2) is 71.7 Å². The number of hydrogen-bond acceptors (Lipinski definition) is 3. The highest BCUT2D eigenvalue weighted by atomic mass is 19.1. The lowest BCUT2D eigenvalue weighted by atomic mass is 10.1. The lowest BCUT2D eigenvalue weighted by molar-refractivity contribution is 0.299. The van der Waals surface area contributed by atoms with Crippen molar-refractivity contribution in [2.24, 2.45) is 0 Å². The van der Waals surface area contributed by atoms with Gasteiger partial charge >= 0.3 is 0 Å². The van der Waals surface area contributed by atoms with Crippen LogP contribution in [0.1, 0.15) is 11.1 Å². The second-order valence-corrected chi connectivity index (χ2v) is 6.99. The van der Waals surface area contributed by atoms with E-state index in [0.717, 1.165) is 11.6 Å². The molecule has 0 atom stereocenters. The molecule has 7 heteroatoms. The molecule has 1 heterocycles. The Hall–Kier alpha value is -3.74. The molecule has 0 fully saturated rings. The standard InChI is InChI=1S/C24H18F3NO3/c1-30-23-10-16-7-8-28(24(29)20(16)12-22(23)27)13-15-3-2-4-19(9-15)31-14-17-5-6-18(25)11-21(17)26/h2-12H,13-14H2,1H3. The first-order valence-corrected chi connectivity index (χ1v) is 9.47. The number of pyridine rings is 1. The monoisotopic (exact) mass is 425 g/mol. The predicted octanol–water partition coefficient (Wildman–Crippen LogP) is 5.05. The normalized spacial score (nSPS) is 11.0. The highest BCUT2D eigenvalue weighted by molar-refractivity contribution is 5.83. The fourth-order valence-electron chi connectivity index (χ4n) is 3.30. The van der Waals surface area contributed by atoms with Gasteiger partial charge < -0.3 is 14.0 Å². The highest BCUT2D eigenvalue weighted by Gasteiger charge is 2.10. The molecule has 0 aliphatic carbocycles. The molecule has 0 aliphatic rings. The summed E-state index contributed by atoms with van der Waals surface area (Å²) in [6.07, 6.45) is 1.63. The molecular formula is C24H18F3NO3. The van der Waals surface area contributed by atoms with E-state index < -0.39 is 17.5 Å². The third kappa shape index (κ3) is 4.40. The van der Waals surface area contributed by atoms with Crippen LogP contribution in [-0.2, 0) is 13.2 Å². The van der Waals surface area contributed by atoms with E-state index in [9.17, 15) is 18.0 Å². The highest BCUT2D eigenvalue weighted by Crippen LogP contribution is 2.23. The van der Waals surface area contributed by atoms with Crippen LogP contribution in [-0.4, -0.2) is 11.7 Å². The molecule has 0 radical (unpaired) electrons. The van der Waals surface area contributed by atoms with Gasteiger partial charge in [-0.1, -0.05) is 12.1 Å². The summed E-state index contributed by atoms with van der Waals surface area (Å²) in [7, 11) is 1.37. The summed E-state index contributed by atoms with van der Waals surface area (Å²) in [6.45, 7) is 0.178. The van der Waals surface area contributed by atoms with Crippen molar-refractivity contribution in [3.8, 4) is 11.5 Å². The second kappa shape index (κ2) is 8.55. The molecule has 3 aromatic carbocycles. The van der Waals surface area contributed by atoms with Gasteiger partial charge in [-0.05, 0) is 53.4 Å². The van der Waals surface area contributed by atoms with E-state index in [2.05, 4.69) is 0 Å². The van der Waals surface area contributed by atoms with Crippen molar-refractivity contribution in [1.29, 1.82) is 0 Å². The van der Waals surface area contributed by atoms with Crippen molar-refractivity contribution in [2.75, 3.05) is 7.11 Å². The molecule has 0 aliphatic heterocycles. The van der Waals surface area contributed by atoms with Crippen LogP contribution in [0.4, 0.5) is 13.2 Å². The minimum atomic E-state index is -0.678. The maximum atomic E-state index is 14.0. The first-order valence-electron chi connectivity index (χ1n) is 9.47. The number of benzene rings is 3. The Bertz CT molecular complexity index is 1320. The van der Waals surface area contributed by atoms with Crippen LogP contribution in [0, 0.1) is 17.5 Å². The molecule has 4 aromatic rings. The van der Waals surface area contributed by atoms with Crippen LogP contribution in [0.5, 0.6) is 11.5 Å². The fourth-order valence-corrected chi connectivity index (χ4v) is 3.30. The Balaban J connectivity index is 1.55. The van der Waals surface area contributed by atoms with Gasteiger partial charge in [0.15, 0.2) is 11.6 Å². The topological polar surface area (TPSA) is 40.5 Å². The summed E-state index contributed by atoms with van der Waals surface area (Å²) >= 11 is 0. The van der Waals surface area contributed by atoms with Crippen molar-refractivity contribution < 1.29 is 22.6 Å². The number of rotatable bonds is 6. The molecule has 0 saturated heterocycles. The summed E-state index contributed by atoms with van der Waals surface area (Å²) in [4.78, 5) is 12.8. The van der Waals surface area contributed by atoms with Crippen LogP contribution in [0.3, 0.4) is 0 Å². The molecule has 0 amide bonds. The average Bonchev–Trinajstić information content (AvgIpc) is 2.75. The van der Waals surface area contributed by atoms with E-state index in [1.54, 1.807) is 30.5 Å². The molecule has 31 heavy (non-hydrogen) atoms. The van der Waals surface area contributed by atoms with Gasteiger partial charge in [-0.25, -0.2) is 13.2 Å². The lowest BCUT2D eigenvalue weighted by Crippen LogP contribution is -2.20. The van der Waals surface area contributed by atoms with Gasteiger partial charge in [-0.3, -0.25) is 4.79 Å². The quantitative estimate of drug-likeness (QED) is 0.434. The Morgan fingerprint density at radius 2 is 1.77 bits per heavy atom. The smallest absolute Gasteiger partial charge is 0.258 e. The average molecular weight is 425 g/mol. The van der Waals surface area contributed by atoms with Crippen molar-refractivity contribution in [2.45, 2.75) is 13.2 Å². The molecule has 4 nitrogen and oxygen atoms in total. The summed E-state index contributed by atoms with van der Waals surface area (Å²) < 4.78 is 52.9. The van der Waals surface area contributed by atoms with Gasteiger partial charge in [0.2, 0.25) is 0 Å². The minimum absolute atomic E-state index is 0.0629. The zero-order chi connectivity index (χ0) is 22.0. The van der Waals surface area contributed by atoms with Gasteiger partial charge in [-0.2, -0.15) is 0 Å². The van der Waals surface area contributed by atoms with Gasteiger partial charge in [0, 0.05) is 17.8 Å². The van der Waals surface area contributed by atoms with Crippen molar-refractivity contribution in [3.05, 3.63) is 106 Å². The van der Waals surface area contributed by atoms with E-state index in [1.165, 1.54) is 35.9 Å². The predicted molar refractivity (Wildman–Crippen MR) is 111 cm³/mol. The molecule has 158 valence electrons. The zero-order valence-electron chi connectivity index (χ0n) is 16.6. The van der Waals surface area contributed by atoms with Crippen molar-refractivity contribution >= 4 is 10.8 Å². The molecule has 0 unspecified atom stereocenters. The van der Waals surface area contributed by atoms with Crippen molar-refractivity contribution in [3.63, 3.8) is 0 Å². The van der Waals surface area contributed by atoms with E-state index in [4.69, 9.17) is 9.47 Å². The molecule has 4 rings (SSSR count). The van der Waals surface area contributed by atoms with Crippen LogP contribution in [0.25, 0.3) is 10.8 Å². The minimum Gasteiger partial charge on any atom is -0.494 e. The number of hydrogen-bond donors (Lipinski definition) is 0. The first kappa shape index (κ1) is 20.5. The number of ether oxygens (including phenoxy) is 2. The molecule has 0 N–H and O–H groups in total. The van der Waals surface area contributed by atoms with Gasteiger partial charge in [0.05, 0.1) is 19.0 Å². The number of methoxy groups -OCH3 is 1. The Morgan fingerprint density at radius 1 is 0.935 bits per heavy atom. The maximum Gasteiger partial charge on any atom is 0.258 e. The van der Waals surface area contributed by atoms with Gasteiger partial charge in [0.1, 0.15) is 24.0 Å². The van der Waals surface area contributed by atoms with Crippen LogP contribution >= 0.6 is 0 Å². The third-order valence-electron chi connectivity index (χ3n) is 4.91. The molecule has 0 bridgehead atoms. The Kier molecular flexibility index (Phi) is 5.66. The van der Waals surface area contributed by atoms with Gasteiger partial charge in [0.25, 0.3) is 5.56 Å². The largest absolute Gasteiger partial charge is 0.494 e. The van der Waals surface area contributed by atoms with E-state index in [0.29, 0.717) is 11.1 Å². The summed E-state index contributed by atoms with van der Waals surface area (Å²) in [6, 6.07) is 14.7. The number of halogens is 3. The molecular weight excluding hydrogens is 407 g/mol. The number of fused-ring (bicyclic) bond motifs is 1. The van der Waals surface area contributed by atoms with E-state index in [-0.39, 0.29) is 35.4 Å². The van der Waals surface area contributed by atoms with Crippen molar-refractivity contribution in [1.82, 2.24) is 4.57 Å². The van der Waals surface area contributed by atoms with Gasteiger partial charge in [-0.15, -0.1) is 0 Å². The SMILES string of the molecule is COc1cc2ccn(Cc3cccc(OCc4ccc(F)cc4F)c3)c(=O)c2cc1F.